The molecule has 3 N–H and O–H groups in total. The fourth-order valence-electron chi connectivity index (χ4n) is 2.74. The lowest BCUT2D eigenvalue weighted by atomic mass is 10.0. The number of anilines is 1. The standard InChI is InChI=1S/C16H21N3O2/c17-13-5-3-11(4-6-13)15(20)18-14-7-9-19(10-8-14)16(21)12-1-2-12/h3-6,12,14H,1-2,7-10,17H2,(H,18,20). The van der Waals surface area contributed by atoms with Crippen molar-refractivity contribution in [3.05, 3.63) is 29.8 Å². The van der Waals surface area contributed by atoms with Gasteiger partial charge in [-0.1, -0.05) is 0 Å². The molecule has 1 heterocycles. The molecule has 0 atom stereocenters. The maximum atomic E-state index is 12.1. The van der Waals surface area contributed by atoms with Crippen molar-refractivity contribution in [1.82, 2.24) is 10.2 Å². The predicted octanol–water partition coefficient (Wildman–Crippen LogP) is 1.40. The van der Waals surface area contributed by atoms with Crippen molar-refractivity contribution in [2.45, 2.75) is 31.7 Å². The quantitative estimate of drug-likeness (QED) is 0.825. The number of hydrogen-bond donors (Lipinski definition) is 2. The first-order valence-corrected chi connectivity index (χ1v) is 7.58. The predicted molar refractivity (Wildman–Crippen MR) is 80.6 cm³/mol. The molecule has 0 spiro atoms. The van der Waals surface area contributed by atoms with Crippen molar-refractivity contribution in [3.8, 4) is 0 Å². The highest BCUT2D eigenvalue weighted by Gasteiger charge is 2.35. The van der Waals surface area contributed by atoms with E-state index >= 15 is 0 Å². The minimum Gasteiger partial charge on any atom is -0.399 e. The molecule has 112 valence electrons. The lowest BCUT2D eigenvalue weighted by Crippen LogP contribution is -2.47. The first-order chi connectivity index (χ1) is 10.1. The van der Waals surface area contributed by atoms with E-state index in [-0.39, 0.29) is 17.9 Å². The highest BCUT2D eigenvalue weighted by atomic mass is 16.2. The third-order valence-electron chi connectivity index (χ3n) is 4.24. The molecule has 1 aromatic rings. The molecule has 2 fully saturated rings. The van der Waals surface area contributed by atoms with E-state index in [9.17, 15) is 9.59 Å². The molecular weight excluding hydrogens is 266 g/mol. The average molecular weight is 287 g/mol. The Morgan fingerprint density at radius 3 is 2.24 bits per heavy atom. The molecule has 5 heteroatoms. The zero-order chi connectivity index (χ0) is 14.8. The van der Waals surface area contributed by atoms with Gasteiger partial charge >= 0.3 is 0 Å². The van der Waals surface area contributed by atoms with Crippen LogP contribution in [0.2, 0.25) is 0 Å². The molecule has 1 saturated carbocycles. The normalized spacial score (nSPS) is 19.3. The Morgan fingerprint density at radius 2 is 1.67 bits per heavy atom. The Balaban J connectivity index is 1.49. The van der Waals surface area contributed by atoms with Gasteiger partial charge in [0.05, 0.1) is 0 Å². The smallest absolute Gasteiger partial charge is 0.251 e. The highest BCUT2D eigenvalue weighted by Crippen LogP contribution is 2.31. The summed E-state index contributed by atoms with van der Waals surface area (Å²) < 4.78 is 0. The van der Waals surface area contributed by atoms with Crippen LogP contribution in [0, 0.1) is 5.92 Å². The van der Waals surface area contributed by atoms with E-state index in [0.29, 0.717) is 17.2 Å². The van der Waals surface area contributed by atoms with E-state index < -0.39 is 0 Å². The van der Waals surface area contributed by atoms with Crippen molar-refractivity contribution in [2.24, 2.45) is 5.92 Å². The Bertz CT molecular complexity index is 529. The van der Waals surface area contributed by atoms with Crippen LogP contribution in [0.15, 0.2) is 24.3 Å². The molecule has 1 aliphatic carbocycles. The topological polar surface area (TPSA) is 75.4 Å². The van der Waals surface area contributed by atoms with Crippen LogP contribution in [0.4, 0.5) is 5.69 Å². The minimum atomic E-state index is -0.0676. The van der Waals surface area contributed by atoms with Gasteiger partial charge in [0.15, 0.2) is 0 Å². The van der Waals surface area contributed by atoms with Crippen molar-refractivity contribution in [1.29, 1.82) is 0 Å². The van der Waals surface area contributed by atoms with E-state index in [0.717, 1.165) is 38.8 Å². The number of benzene rings is 1. The number of rotatable bonds is 3. The summed E-state index contributed by atoms with van der Waals surface area (Å²) >= 11 is 0. The van der Waals surface area contributed by atoms with Gasteiger partial charge in [-0.25, -0.2) is 0 Å². The number of piperidine rings is 1. The molecular formula is C16H21N3O2. The number of nitrogens with zero attached hydrogens (tertiary/aromatic N) is 1. The fraction of sp³-hybridized carbons (Fsp3) is 0.500. The van der Waals surface area contributed by atoms with Gasteiger partial charge in [-0.05, 0) is 49.9 Å². The van der Waals surface area contributed by atoms with Gasteiger partial charge in [0.1, 0.15) is 0 Å². The second-order valence-electron chi connectivity index (χ2n) is 5.97. The summed E-state index contributed by atoms with van der Waals surface area (Å²) in [6, 6.07) is 7.07. The molecule has 2 aliphatic rings. The van der Waals surface area contributed by atoms with Crippen molar-refractivity contribution >= 4 is 17.5 Å². The third-order valence-corrected chi connectivity index (χ3v) is 4.24. The molecule has 2 amide bonds. The number of nitrogen functional groups attached to an aromatic ring is 1. The zero-order valence-corrected chi connectivity index (χ0v) is 12.0. The molecule has 0 radical (unpaired) electrons. The first kappa shape index (κ1) is 13.9. The van der Waals surface area contributed by atoms with Gasteiger partial charge in [-0.3, -0.25) is 9.59 Å². The molecule has 21 heavy (non-hydrogen) atoms. The molecule has 0 aromatic heterocycles. The van der Waals surface area contributed by atoms with E-state index in [4.69, 9.17) is 5.73 Å². The van der Waals surface area contributed by atoms with Crippen LogP contribution < -0.4 is 11.1 Å². The van der Waals surface area contributed by atoms with E-state index in [1.54, 1.807) is 24.3 Å². The second kappa shape index (κ2) is 5.76. The summed E-state index contributed by atoms with van der Waals surface area (Å²) in [6.07, 6.45) is 3.76. The molecule has 1 aliphatic heterocycles. The van der Waals surface area contributed by atoms with Crippen LogP contribution in [0.3, 0.4) is 0 Å². The number of nitrogens with one attached hydrogen (secondary N) is 1. The summed E-state index contributed by atoms with van der Waals surface area (Å²) in [5, 5.41) is 3.04. The van der Waals surface area contributed by atoms with Gasteiger partial charge < -0.3 is 16.0 Å². The number of carbonyl (C=O) groups excluding carboxylic acids is 2. The van der Waals surface area contributed by atoms with Crippen molar-refractivity contribution in [2.75, 3.05) is 18.8 Å². The Labute approximate surface area is 124 Å². The number of likely N-dealkylation sites (tertiary alicyclic amines) is 1. The highest BCUT2D eigenvalue weighted by molar-refractivity contribution is 5.94. The Hall–Kier alpha value is -2.04. The van der Waals surface area contributed by atoms with E-state index in [1.165, 1.54) is 0 Å². The second-order valence-corrected chi connectivity index (χ2v) is 5.97. The van der Waals surface area contributed by atoms with E-state index in [1.807, 2.05) is 4.90 Å². The summed E-state index contributed by atoms with van der Waals surface area (Å²) in [5.41, 5.74) is 6.89. The van der Waals surface area contributed by atoms with Gasteiger partial charge in [0.25, 0.3) is 5.91 Å². The first-order valence-electron chi connectivity index (χ1n) is 7.58. The number of amides is 2. The largest absolute Gasteiger partial charge is 0.399 e. The fourth-order valence-corrected chi connectivity index (χ4v) is 2.74. The monoisotopic (exact) mass is 287 g/mol. The Kier molecular flexibility index (Phi) is 3.82. The maximum Gasteiger partial charge on any atom is 0.251 e. The summed E-state index contributed by atoms with van der Waals surface area (Å²) in [7, 11) is 0. The summed E-state index contributed by atoms with van der Waals surface area (Å²) in [4.78, 5) is 26.0. The number of nitrogens with two attached hydrogens (primary N) is 1. The van der Waals surface area contributed by atoms with Crippen LogP contribution in [0.1, 0.15) is 36.0 Å². The number of hydrogen-bond acceptors (Lipinski definition) is 3. The van der Waals surface area contributed by atoms with Gasteiger partial charge in [-0.2, -0.15) is 0 Å². The van der Waals surface area contributed by atoms with Crippen molar-refractivity contribution in [3.63, 3.8) is 0 Å². The average Bonchev–Trinajstić information content (AvgIpc) is 3.32. The van der Waals surface area contributed by atoms with Crippen LogP contribution in [0.5, 0.6) is 0 Å². The van der Waals surface area contributed by atoms with Gasteiger partial charge in [0, 0.05) is 36.3 Å². The maximum absolute atomic E-state index is 12.1. The number of carbonyl (C=O) groups is 2. The molecule has 5 nitrogen and oxygen atoms in total. The van der Waals surface area contributed by atoms with Crippen LogP contribution >= 0.6 is 0 Å². The van der Waals surface area contributed by atoms with Gasteiger partial charge in [-0.15, -0.1) is 0 Å². The van der Waals surface area contributed by atoms with Crippen LogP contribution in [0.25, 0.3) is 0 Å². The molecule has 0 unspecified atom stereocenters. The van der Waals surface area contributed by atoms with Crippen LogP contribution in [-0.2, 0) is 4.79 Å². The molecule has 3 rings (SSSR count). The van der Waals surface area contributed by atoms with E-state index in [2.05, 4.69) is 5.32 Å². The third kappa shape index (κ3) is 3.35. The van der Waals surface area contributed by atoms with Gasteiger partial charge in [0.2, 0.25) is 5.91 Å². The van der Waals surface area contributed by atoms with Crippen LogP contribution in [-0.4, -0.2) is 35.8 Å². The molecule has 1 saturated heterocycles. The summed E-state index contributed by atoms with van der Waals surface area (Å²) in [6.45, 7) is 1.50. The van der Waals surface area contributed by atoms with Crippen molar-refractivity contribution < 1.29 is 9.59 Å². The lowest BCUT2D eigenvalue weighted by molar-refractivity contribution is -0.133. The lowest BCUT2D eigenvalue weighted by Gasteiger charge is -2.32. The minimum absolute atomic E-state index is 0.0676. The SMILES string of the molecule is Nc1ccc(C(=O)NC2CCN(C(=O)C3CC3)CC2)cc1. The summed E-state index contributed by atoms with van der Waals surface area (Å²) in [5.74, 6) is 0.520. The molecule has 0 bridgehead atoms. The molecule has 1 aromatic carbocycles. The Morgan fingerprint density at radius 1 is 1.05 bits per heavy atom. The zero-order valence-electron chi connectivity index (χ0n) is 12.0.